The van der Waals surface area contributed by atoms with Crippen LogP contribution >= 0.6 is 11.6 Å². The van der Waals surface area contributed by atoms with Gasteiger partial charge in [0.15, 0.2) is 11.5 Å². The molecule has 9 heteroatoms. The largest absolute Gasteiger partial charge is 0.475 e. The third kappa shape index (κ3) is 2.41. The van der Waals surface area contributed by atoms with Crippen LogP contribution < -0.4 is 0 Å². The van der Waals surface area contributed by atoms with Crippen molar-refractivity contribution in [3.63, 3.8) is 0 Å². The van der Waals surface area contributed by atoms with Crippen LogP contribution in [0.5, 0.6) is 0 Å². The van der Waals surface area contributed by atoms with E-state index in [0.29, 0.717) is 0 Å². The van der Waals surface area contributed by atoms with Gasteiger partial charge in [-0.1, -0.05) is 25.4 Å². The molecule has 0 radical (unpaired) electrons. The normalized spacial score (nSPS) is 51.2. The Labute approximate surface area is 183 Å². The Morgan fingerprint density at radius 3 is 2.42 bits per heavy atom. The zero-order valence-corrected chi connectivity index (χ0v) is 18.1. The van der Waals surface area contributed by atoms with Crippen molar-refractivity contribution in [3.05, 3.63) is 22.8 Å². The number of carboxylic acid groups (broad SMARTS) is 1. The minimum absolute atomic E-state index is 0.0906. The molecule has 0 spiro atoms. The summed E-state index contributed by atoms with van der Waals surface area (Å²) in [6, 6.07) is 0. The summed E-state index contributed by atoms with van der Waals surface area (Å²) in [5, 5.41) is 31.5. The molecular weight excluding hydrogens is 434 g/mol. The maximum Gasteiger partial charge on any atom is 0.375 e. The summed E-state index contributed by atoms with van der Waals surface area (Å²) in [7, 11) is 0. The maximum atomic E-state index is 17.0. The Hall–Kier alpha value is -1.64. The molecule has 0 heterocycles. The number of halogens is 3. The molecule has 3 fully saturated rings. The second-order valence-corrected chi connectivity index (χ2v) is 10.4. The van der Waals surface area contributed by atoms with Crippen molar-refractivity contribution < 1.29 is 38.5 Å². The van der Waals surface area contributed by atoms with Crippen LogP contribution in [0.4, 0.5) is 8.78 Å². The highest BCUT2D eigenvalue weighted by Gasteiger charge is 2.77. The first-order valence-electron chi connectivity index (χ1n) is 10.3. The van der Waals surface area contributed by atoms with Crippen LogP contribution in [0.3, 0.4) is 0 Å². The van der Waals surface area contributed by atoms with E-state index in [2.05, 4.69) is 0 Å². The highest BCUT2D eigenvalue weighted by molar-refractivity contribution is 6.44. The van der Waals surface area contributed by atoms with Crippen molar-refractivity contribution in [1.29, 1.82) is 0 Å². The first-order chi connectivity index (χ1) is 14.2. The number of alkyl halides is 2. The standard InChI is InChI=1S/C22H25ClF2O6/c1-9-4-10-11-5-14(24)12-6-15(26)13(23)7-19(12,2)21(11,25)16(27)8-20(10,3)22(9,31)17(28)18(29)30/h6-7,9-11,14,16,27,31H,4-5,8H2,1-3H3,(H,29,30)/t9-,10+,11+,14+,16+,19+,20+,21+,22+/m1/s1. The summed E-state index contributed by atoms with van der Waals surface area (Å²) in [5.41, 5.74) is -8.03. The maximum absolute atomic E-state index is 17.0. The van der Waals surface area contributed by atoms with Gasteiger partial charge in [-0.05, 0) is 55.7 Å². The van der Waals surface area contributed by atoms with Gasteiger partial charge in [0.05, 0.1) is 11.1 Å². The lowest BCUT2D eigenvalue weighted by atomic mass is 9.44. The SMILES string of the molecule is C[C@@H]1C[C@H]2[C@@H]3C[C@H](F)C4=CC(=O)C(Cl)=C[C@]4(C)[C@@]3(F)[C@@H](O)C[C@]2(C)[C@@]1(O)C(=O)C(=O)O. The zero-order valence-electron chi connectivity index (χ0n) is 17.4. The van der Waals surface area contributed by atoms with Gasteiger partial charge >= 0.3 is 5.97 Å². The number of carboxylic acids is 1. The number of ketones is 2. The van der Waals surface area contributed by atoms with E-state index in [-0.39, 0.29) is 23.4 Å². The molecule has 4 rings (SSSR count). The molecule has 4 aliphatic rings. The van der Waals surface area contributed by atoms with Crippen molar-refractivity contribution in [2.75, 3.05) is 0 Å². The highest BCUT2D eigenvalue weighted by Crippen LogP contribution is 2.71. The Balaban J connectivity index is 1.89. The van der Waals surface area contributed by atoms with Gasteiger partial charge in [-0.25, -0.2) is 13.6 Å². The van der Waals surface area contributed by atoms with Crippen LogP contribution in [-0.4, -0.2) is 56.4 Å². The lowest BCUT2D eigenvalue weighted by molar-refractivity contribution is -0.223. The third-order valence-electron chi connectivity index (χ3n) is 8.81. The molecular formula is C22H25ClF2O6. The third-order valence-corrected chi connectivity index (χ3v) is 9.10. The Bertz CT molecular complexity index is 964. The van der Waals surface area contributed by atoms with Gasteiger partial charge in [0.25, 0.3) is 5.78 Å². The minimum Gasteiger partial charge on any atom is -0.475 e. The van der Waals surface area contributed by atoms with E-state index in [1.807, 2.05) is 0 Å². The van der Waals surface area contributed by atoms with E-state index in [1.54, 1.807) is 0 Å². The quantitative estimate of drug-likeness (QED) is 0.548. The van der Waals surface area contributed by atoms with E-state index in [9.17, 15) is 29.7 Å². The molecule has 31 heavy (non-hydrogen) atoms. The van der Waals surface area contributed by atoms with Crippen molar-refractivity contribution in [1.82, 2.24) is 0 Å². The number of aliphatic hydroxyl groups is 2. The lowest BCUT2D eigenvalue weighted by Gasteiger charge is -2.63. The molecule has 170 valence electrons. The molecule has 3 N–H and O–H groups in total. The molecule has 0 aromatic carbocycles. The number of aliphatic hydroxyl groups excluding tert-OH is 1. The van der Waals surface area contributed by atoms with E-state index >= 15 is 8.78 Å². The molecule has 0 unspecified atom stereocenters. The van der Waals surface area contributed by atoms with Gasteiger partial charge in [0.1, 0.15) is 11.8 Å². The predicted octanol–water partition coefficient (Wildman–Crippen LogP) is 2.50. The number of Topliss-reactive ketones (excluding diaryl/α,β-unsaturated/α-hetero) is 1. The van der Waals surface area contributed by atoms with Crippen molar-refractivity contribution in [2.24, 2.45) is 28.6 Å². The van der Waals surface area contributed by atoms with Crippen molar-refractivity contribution in [2.45, 2.75) is 63.6 Å². The molecule has 9 atom stereocenters. The number of allylic oxidation sites excluding steroid dienone is 4. The monoisotopic (exact) mass is 458 g/mol. The Kier molecular flexibility index (Phi) is 4.69. The molecule has 0 bridgehead atoms. The van der Waals surface area contributed by atoms with Gasteiger partial charge in [-0.15, -0.1) is 0 Å². The molecule has 4 aliphatic carbocycles. The Morgan fingerprint density at radius 1 is 1.23 bits per heavy atom. The first kappa shape index (κ1) is 22.6. The fourth-order valence-electron chi connectivity index (χ4n) is 7.24. The number of fused-ring (bicyclic) bond motifs is 5. The average Bonchev–Trinajstić information content (AvgIpc) is 2.87. The summed E-state index contributed by atoms with van der Waals surface area (Å²) in [4.78, 5) is 36.0. The number of aliphatic carboxylic acids is 1. The molecule has 0 aromatic heterocycles. The van der Waals surface area contributed by atoms with Crippen molar-refractivity contribution in [3.8, 4) is 0 Å². The van der Waals surface area contributed by atoms with E-state index in [4.69, 9.17) is 11.6 Å². The van der Waals surface area contributed by atoms with Crippen LogP contribution in [0.15, 0.2) is 22.8 Å². The predicted molar refractivity (Wildman–Crippen MR) is 106 cm³/mol. The number of rotatable bonds is 2. The van der Waals surface area contributed by atoms with Gasteiger partial charge in [0.2, 0.25) is 0 Å². The summed E-state index contributed by atoms with van der Waals surface area (Å²) >= 11 is 6.00. The van der Waals surface area contributed by atoms with E-state index in [1.165, 1.54) is 20.8 Å². The van der Waals surface area contributed by atoms with Gasteiger partial charge in [-0.2, -0.15) is 0 Å². The van der Waals surface area contributed by atoms with Crippen LogP contribution in [0.1, 0.15) is 40.0 Å². The second-order valence-electron chi connectivity index (χ2n) is 10.0. The second kappa shape index (κ2) is 6.45. The molecule has 0 saturated heterocycles. The first-order valence-corrected chi connectivity index (χ1v) is 10.7. The summed E-state index contributed by atoms with van der Waals surface area (Å²) in [6.07, 6.45) is -1.98. The zero-order chi connectivity index (χ0) is 23.3. The van der Waals surface area contributed by atoms with Gasteiger partial charge < -0.3 is 15.3 Å². The molecule has 3 saturated carbocycles. The van der Waals surface area contributed by atoms with Crippen LogP contribution in [-0.2, 0) is 14.4 Å². The summed E-state index contributed by atoms with van der Waals surface area (Å²) < 4.78 is 32.3. The highest BCUT2D eigenvalue weighted by atomic mass is 35.5. The fourth-order valence-corrected chi connectivity index (χ4v) is 7.51. The smallest absolute Gasteiger partial charge is 0.375 e. The van der Waals surface area contributed by atoms with Gasteiger partial charge in [-0.3, -0.25) is 9.59 Å². The molecule has 0 amide bonds. The van der Waals surface area contributed by atoms with Gasteiger partial charge in [0, 0.05) is 16.7 Å². The fraction of sp³-hybridized carbons (Fsp3) is 0.682. The lowest BCUT2D eigenvalue weighted by Crippen LogP contribution is -2.70. The number of hydrogen-bond acceptors (Lipinski definition) is 5. The number of carbonyl (C=O) groups excluding carboxylic acids is 2. The summed E-state index contributed by atoms with van der Waals surface area (Å²) in [5.74, 6) is -6.60. The van der Waals surface area contributed by atoms with Crippen LogP contribution in [0.25, 0.3) is 0 Å². The number of carbonyl (C=O) groups is 3. The van der Waals surface area contributed by atoms with E-state index < -0.39 is 76.1 Å². The average molecular weight is 459 g/mol. The molecule has 0 aromatic rings. The number of hydrogen-bond donors (Lipinski definition) is 3. The van der Waals surface area contributed by atoms with E-state index in [0.717, 1.165) is 12.2 Å². The van der Waals surface area contributed by atoms with Crippen LogP contribution in [0, 0.1) is 28.6 Å². The summed E-state index contributed by atoms with van der Waals surface area (Å²) in [6.45, 7) is 4.37. The topological polar surface area (TPSA) is 112 Å². The van der Waals surface area contributed by atoms with Crippen molar-refractivity contribution >= 4 is 29.1 Å². The Morgan fingerprint density at radius 2 is 1.84 bits per heavy atom. The molecule has 6 nitrogen and oxygen atoms in total. The molecule has 0 aliphatic heterocycles. The van der Waals surface area contributed by atoms with Crippen LogP contribution in [0.2, 0.25) is 0 Å². The minimum atomic E-state index is -2.43.